The van der Waals surface area contributed by atoms with Crippen LogP contribution < -0.4 is 4.90 Å². The monoisotopic (exact) mass is 234 g/mol. The molecule has 0 atom stereocenters. The number of hydrogen-bond donors (Lipinski definition) is 1. The number of nitro groups is 1. The second-order valence-electron chi connectivity index (χ2n) is 3.23. The lowest BCUT2D eigenvalue weighted by atomic mass is 10.2. The predicted molar refractivity (Wildman–Crippen MR) is 61.8 cm³/mol. The Morgan fingerprint density at radius 3 is 2.82 bits per heavy atom. The maximum Gasteiger partial charge on any atom is 0.323 e. The summed E-state index contributed by atoms with van der Waals surface area (Å²) in [6.45, 7) is -0.223. The first kappa shape index (κ1) is 12.5. The highest BCUT2D eigenvalue weighted by Crippen LogP contribution is 2.20. The van der Waals surface area contributed by atoms with Gasteiger partial charge in [0.05, 0.1) is 11.5 Å². The molecular formula is C11H10N2O4. The highest BCUT2D eigenvalue weighted by atomic mass is 16.6. The Morgan fingerprint density at radius 1 is 1.59 bits per heavy atom. The highest BCUT2D eigenvalue weighted by molar-refractivity contribution is 5.74. The van der Waals surface area contributed by atoms with Gasteiger partial charge in [-0.1, -0.05) is 12.0 Å². The van der Waals surface area contributed by atoms with Crippen molar-refractivity contribution in [3.8, 4) is 12.3 Å². The summed E-state index contributed by atoms with van der Waals surface area (Å²) in [5.74, 6) is 1.26. The Kier molecular flexibility index (Phi) is 4.06. The first-order valence-corrected chi connectivity index (χ1v) is 4.69. The van der Waals surface area contributed by atoms with Gasteiger partial charge in [-0.05, 0) is 6.07 Å². The molecule has 0 radical (unpaired) electrons. The average Bonchev–Trinajstić information content (AvgIpc) is 2.28. The fourth-order valence-electron chi connectivity index (χ4n) is 1.32. The average molecular weight is 234 g/mol. The molecule has 0 spiro atoms. The zero-order valence-corrected chi connectivity index (χ0v) is 8.87. The first-order valence-electron chi connectivity index (χ1n) is 4.69. The number of nitrogens with zero attached hydrogens (tertiary/aromatic N) is 2. The Hall–Kier alpha value is -2.55. The number of carbonyl (C=O) groups is 1. The molecule has 0 aromatic heterocycles. The van der Waals surface area contributed by atoms with Gasteiger partial charge in [0.1, 0.15) is 6.54 Å². The minimum absolute atomic E-state index is 0.0769. The number of benzene rings is 1. The van der Waals surface area contributed by atoms with Gasteiger partial charge in [-0.15, -0.1) is 6.42 Å². The van der Waals surface area contributed by atoms with Crippen molar-refractivity contribution in [2.24, 2.45) is 0 Å². The molecule has 0 unspecified atom stereocenters. The smallest absolute Gasteiger partial charge is 0.323 e. The normalized spacial score (nSPS) is 9.35. The molecule has 0 bridgehead atoms. The van der Waals surface area contributed by atoms with Gasteiger partial charge < -0.3 is 10.0 Å². The highest BCUT2D eigenvalue weighted by Gasteiger charge is 2.13. The number of rotatable bonds is 5. The van der Waals surface area contributed by atoms with Gasteiger partial charge in [0.25, 0.3) is 5.69 Å². The molecule has 1 aromatic carbocycles. The van der Waals surface area contributed by atoms with Gasteiger partial charge in [0, 0.05) is 17.8 Å². The molecule has 1 aromatic rings. The number of aliphatic carboxylic acids is 1. The number of non-ortho nitro benzene ring substituents is 1. The van der Waals surface area contributed by atoms with Crippen LogP contribution in [0.2, 0.25) is 0 Å². The van der Waals surface area contributed by atoms with Crippen LogP contribution >= 0.6 is 0 Å². The van der Waals surface area contributed by atoms with Crippen molar-refractivity contribution in [1.82, 2.24) is 0 Å². The minimum Gasteiger partial charge on any atom is -0.480 e. The second-order valence-corrected chi connectivity index (χ2v) is 3.23. The van der Waals surface area contributed by atoms with E-state index in [1.54, 1.807) is 6.07 Å². The van der Waals surface area contributed by atoms with E-state index >= 15 is 0 Å². The molecule has 0 aliphatic rings. The number of carboxylic acids is 1. The van der Waals surface area contributed by atoms with Crippen LogP contribution in [-0.2, 0) is 4.79 Å². The molecule has 0 saturated heterocycles. The Balaban J connectivity index is 3.01. The van der Waals surface area contributed by atoms with E-state index in [0.717, 1.165) is 0 Å². The molecule has 0 saturated carbocycles. The van der Waals surface area contributed by atoms with Crippen molar-refractivity contribution in [3.05, 3.63) is 34.4 Å². The fourth-order valence-corrected chi connectivity index (χ4v) is 1.32. The van der Waals surface area contributed by atoms with E-state index < -0.39 is 10.9 Å². The van der Waals surface area contributed by atoms with Crippen LogP contribution in [0, 0.1) is 22.5 Å². The molecule has 0 fully saturated rings. The van der Waals surface area contributed by atoms with E-state index in [-0.39, 0.29) is 18.8 Å². The largest absolute Gasteiger partial charge is 0.480 e. The summed E-state index contributed by atoms with van der Waals surface area (Å²) >= 11 is 0. The molecule has 88 valence electrons. The molecule has 0 aliphatic carbocycles. The van der Waals surface area contributed by atoms with Crippen LogP contribution in [0.4, 0.5) is 11.4 Å². The van der Waals surface area contributed by atoms with E-state index in [4.69, 9.17) is 11.5 Å². The fraction of sp³-hybridized carbons (Fsp3) is 0.182. The lowest BCUT2D eigenvalue weighted by molar-refractivity contribution is -0.384. The van der Waals surface area contributed by atoms with Crippen LogP contribution in [0.25, 0.3) is 0 Å². The third-order valence-electron chi connectivity index (χ3n) is 2.01. The zero-order valence-electron chi connectivity index (χ0n) is 8.87. The molecule has 6 nitrogen and oxygen atoms in total. The van der Waals surface area contributed by atoms with Gasteiger partial charge in [0.2, 0.25) is 0 Å². The summed E-state index contributed by atoms with van der Waals surface area (Å²) in [5.41, 5.74) is 0.314. The third-order valence-corrected chi connectivity index (χ3v) is 2.01. The maximum absolute atomic E-state index is 10.6. The van der Waals surface area contributed by atoms with Crippen LogP contribution in [0.3, 0.4) is 0 Å². The molecule has 1 N–H and O–H groups in total. The number of anilines is 1. The summed E-state index contributed by atoms with van der Waals surface area (Å²) in [7, 11) is 0. The van der Waals surface area contributed by atoms with Gasteiger partial charge >= 0.3 is 5.97 Å². The minimum atomic E-state index is -1.05. The van der Waals surface area contributed by atoms with E-state index in [0.29, 0.717) is 5.69 Å². The standard InChI is InChI=1S/C11H10N2O4/c1-2-6-12(8-11(14)15)9-4-3-5-10(7-9)13(16)17/h1,3-5,7H,6,8H2,(H,14,15). The molecular weight excluding hydrogens is 224 g/mol. The summed E-state index contributed by atoms with van der Waals surface area (Å²) in [4.78, 5) is 22.0. The van der Waals surface area contributed by atoms with E-state index in [1.165, 1.54) is 23.1 Å². The lowest BCUT2D eigenvalue weighted by Gasteiger charge is -2.19. The molecule has 0 heterocycles. The Labute approximate surface area is 97.6 Å². The summed E-state index contributed by atoms with van der Waals surface area (Å²) in [5, 5.41) is 19.3. The third kappa shape index (κ3) is 3.50. The van der Waals surface area contributed by atoms with Crippen molar-refractivity contribution in [2.75, 3.05) is 18.0 Å². The Morgan fingerprint density at radius 2 is 2.29 bits per heavy atom. The number of carboxylic acid groups (broad SMARTS) is 1. The predicted octanol–water partition coefficient (Wildman–Crippen LogP) is 1.12. The maximum atomic E-state index is 10.6. The topological polar surface area (TPSA) is 83.7 Å². The summed E-state index contributed by atoms with van der Waals surface area (Å²) in [6, 6.07) is 5.69. The number of terminal acetylenes is 1. The molecule has 0 amide bonds. The van der Waals surface area contributed by atoms with Crippen LogP contribution in [0.15, 0.2) is 24.3 Å². The molecule has 0 aliphatic heterocycles. The van der Waals surface area contributed by atoms with E-state index in [9.17, 15) is 14.9 Å². The second kappa shape index (κ2) is 5.51. The Bertz CT molecular complexity index is 479. The molecule has 17 heavy (non-hydrogen) atoms. The van der Waals surface area contributed by atoms with Crippen LogP contribution in [0.5, 0.6) is 0 Å². The van der Waals surface area contributed by atoms with Crippen molar-refractivity contribution >= 4 is 17.3 Å². The molecule has 1 rings (SSSR count). The lowest BCUT2D eigenvalue weighted by Crippen LogP contribution is -2.29. The number of hydrogen-bond acceptors (Lipinski definition) is 4. The van der Waals surface area contributed by atoms with Crippen molar-refractivity contribution in [2.45, 2.75) is 0 Å². The van der Waals surface area contributed by atoms with Gasteiger partial charge in [0.15, 0.2) is 0 Å². The van der Waals surface area contributed by atoms with Gasteiger partial charge in [-0.3, -0.25) is 14.9 Å². The van der Waals surface area contributed by atoms with Gasteiger partial charge in [-0.2, -0.15) is 0 Å². The van der Waals surface area contributed by atoms with E-state index in [2.05, 4.69) is 5.92 Å². The molecule has 6 heteroatoms. The van der Waals surface area contributed by atoms with Crippen molar-refractivity contribution < 1.29 is 14.8 Å². The van der Waals surface area contributed by atoms with E-state index in [1.807, 2.05) is 0 Å². The zero-order chi connectivity index (χ0) is 12.8. The quantitative estimate of drug-likeness (QED) is 0.469. The SMILES string of the molecule is C#CCN(CC(=O)O)c1cccc([N+](=O)[O-])c1. The summed E-state index contributed by atoms with van der Waals surface area (Å²) in [6.07, 6.45) is 5.12. The first-order chi connectivity index (χ1) is 8.04. The van der Waals surface area contributed by atoms with Crippen molar-refractivity contribution in [1.29, 1.82) is 0 Å². The number of nitro benzene ring substituents is 1. The van der Waals surface area contributed by atoms with Crippen LogP contribution in [0.1, 0.15) is 0 Å². The van der Waals surface area contributed by atoms with Crippen molar-refractivity contribution in [3.63, 3.8) is 0 Å². The van der Waals surface area contributed by atoms with Crippen LogP contribution in [-0.4, -0.2) is 29.1 Å². The summed E-state index contributed by atoms with van der Waals surface area (Å²) < 4.78 is 0. The van der Waals surface area contributed by atoms with Gasteiger partial charge in [-0.25, -0.2) is 0 Å².